The Labute approximate surface area is 313 Å². The van der Waals surface area contributed by atoms with Crippen LogP contribution in [0.2, 0.25) is 0 Å². The van der Waals surface area contributed by atoms with Crippen LogP contribution in [0.25, 0.3) is 22.4 Å². The summed E-state index contributed by atoms with van der Waals surface area (Å²) < 4.78 is 39.7. The molecule has 3 fully saturated rings. The highest BCUT2D eigenvalue weighted by Crippen LogP contribution is 2.47. The number of aryl methyl sites for hydroxylation is 1. The number of nitrogens with one attached hydrogen (secondary N) is 2. The summed E-state index contributed by atoms with van der Waals surface area (Å²) >= 11 is 1.53. The van der Waals surface area contributed by atoms with Gasteiger partial charge < -0.3 is 24.6 Å². The van der Waals surface area contributed by atoms with E-state index in [0.29, 0.717) is 47.6 Å². The van der Waals surface area contributed by atoms with Gasteiger partial charge >= 0.3 is 6.03 Å². The van der Waals surface area contributed by atoms with Gasteiger partial charge in [-0.1, -0.05) is 26.0 Å². The van der Waals surface area contributed by atoms with E-state index in [1.807, 2.05) is 30.5 Å². The summed E-state index contributed by atoms with van der Waals surface area (Å²) in [5.41, 5.74) is 0.657. The molecule has 2 aliphatic heterocycles. The molecule has 284 valence electrons. The minimum atomic E-state index is -3.95. The number of benzene rings is 1. The number of hydrogen-bond donors (Lipinski definition) is 2. The van der Waals surface area contributed by atoms with Crippen LogP contribution in [0.4, 0.5) is 4.79 Å². The van der Waals surface area contributed by atoms with Gasteiger partial charge in [0.2, 0.25) is 21.8 Å². The van der Waals surface area contributed by atoms with Gasteiger partial charge in [-0.2, -0.15) is 4.98 Å². The second-order valence-corrected chi connectivity index (χ2v) is 18.4. The number of allylic oxidation sites excluding steroid dienone is 1. The van der Waals surface area contributed by atoms with Gasteiger partial charge in [0.1, 0.15) is 29.1 Å². The average Bonchev–Trinajstić information content (AvgIpc) is 3.89. The highest BCUT2D eigenvalue weighted by atomic mass is 32.2. The molecule has 2 aromatic heterocycles. The monoisotopic (exact) mass is 765 g/mol. The Kier molecular flexibility index (Phi) is 9.66. The van der Waals surface area contributed by atoms with E-state index in [1.165, 1.54) is 16.2 Å². The van der Waals surface area contributed by atoms with Crippen molar-refractivity contribution in [2.24, 2.45) is 5.92 Å². The lowest BCUT2D eigenvalue weighted by atomic mass is 10.1. The van der Waals surface area contributed by atoms with Gasteiger partial charge in [0.15, 0.2) is 5.82 Å². The largest absolute Gasteiger partial charge is 0.497 e. The minimum Gasteiger partial charge on any atom is -0.497 e. The molecule has 0 radical (unpaired) electrons. The van der Waals surface area contributed by atoms with Crippen molar-refractivity contribution in [1.29, 1.82) is 0 Å². The fourth-order valence-corrected chi connectivity index (χ4v) is 9.21. The van der Waals surface area contributed by atoms with Gasteiger partial charge in [-0.25, -0.2) is 23.2 Å². The molecule has 4 atom stereocenters. The molecular weight excluding hydrogens is 719 g/mol. The first-order valence-corrected chi connectivity index (χ1v) is 20.6. The predicted molar refractivity (Wildman–Crippen MR) is 200 cm³/mol. The van der Waals surface area contributed by atoms with Gasteiger partial charge in [-0.15, -0.1) is 11.3 Å². The fourth-order valence-electron chi connectivity index (χ4n) is 7.08. The molecule has 0 unspecified atom stereocenters. The van der Waals surface area contributed by atoms with Crippen LogP contribution in [0.3, 0.4) is 0 Å². The normalized spacial score (nSPS) is 26.4. The quantitative estimate of drug-likeness (QED) is 0.307. The molecule has 0 bridgehead atoms. The fraction of sp³-hybridized carbons (Fsp3) is 0.568. The van der Waals surface area contributed by atoms with Crippen LogP contribution >= 0.6 is 11.3 Å². The number of aromatic nitrogens is 3. The van der Waals surface area contributed by atoms with Gasteiger partial charge in [0, 0.05) is 37.2 Å². The summed E-state index contributed by atoms with van der Waals surface area (Å²) in [7, 11) is -0.646. The lowest BCUT2D eigenvalue weighted by Gasteiger charge is -2.30. The summed E-state index contributed by atoms with van der Waals surface area (Å²) in [5, 5.41) is 6.37. The highest BCUT2D eigenvalue weighted by Gasteiger charge is 2.63. The number of hydrogen-bond acceptors (Lipinski definition) is 11. The number of carbonyl (C=O) groups excluding carboxylic acids is 3. The topological polar surface area (TPSA) is 173 Å². The lowest BCUT2D eigenvalue weighted by molar-refractivity contribution is -0.134. The molecule has 4 aliphatic rings. The molecule has 4 amide bonds. The summed E-state index contributed by atoms with van der Waals surface area (Å²) in [6.45, 7) is 8.21. The van der Waals surface area contributed by atoms with Crippen molar-refractivity contribution in [2.45, 2.75) is 101 Å². The van der Waals surface area contributed by atoms with Crippen molar-refractivity contribution in [3.63, 3.8) is 0 Å². The maximum Gasteiger partial charge on any atom is 0.319 e. The van der Waals surface area contributed by atoms with E-state index in [2.05, 4.69) is 23.9 Å². The van der Waals surface area contributed by atoms with E-state index in [9.17, 15) is 22.8 Å². The number of likely N-dealkylation sites (N-methyl/N-ethyl adjacent to an activating group) is 1. The van der Waals surface area contributed by atoms with Crippen LogP contribution in [-0.4, -0.2) is 101 Å². The first-order chi connectivity index (χ1) is 25.1. The molecule has 16 heteroatoms. The molecule has 1 saturated heterocycles. The number of rotatable bonds is 8. The number of methoxy groups -OCH3 is 1. The van der Waals surface area contributed by atoms with Gasteiger partial charge in [0.25, 0.3) is 5.91 Å². The third-order valence-corrected chi connectivity index (χ3v) is 14.2. The summed E-state index contributed by atoms with van der Waals surface area (Å²) in [5.74, 6) is 0.0874. The van der Waals surface area contributed by atoms with E-state index < -0.39 is 50.3 Å². The molecule has 2 saturated carbocycles. The van der Waals surface area contributed by atoms with Gasteiger partial charge in [0.05, 0.1) is 34.3 Å². The number of nitrogens with zero attached hydrogens (tertiary/aromatic N) is 5. The number of carbonyl (C=O) groups is 3. The zero-order chi connectivity index (χ0) is 37.9. The van der Waals surface area contributed by atoms with E-state index in [1.54, 1.807) is 32.0 Å². The Morgan fingerprint density at radius 3 is 2.62 bits per heavy atom. The van der Waals surface area contributed by atoms with Crippen molar-refractivity contribution in [3.8, 4) is 23.1 Å². The smallest absolute Gasteiger partial charge is 0.319 e. The molecular formula is C37H47N7O7S2. The predicted octanol–water partition coefficient (Wildman–Crippen LogP) is 4.68. The zero-order valence-electron chi connectivity index (χ0n) is 31.0. The van der Waals surface area contributed by atoms with Crippen LogP contribution in [0.15, 0.2) is 29.7 Å². The van der Waals surface area contributed by atoms with Gasteiger partial charge in [-0.3, -0.25) is 14.3 Å². The molecule has 1 aromatic carbocycles. The SMILES string of the molecule is COc1cc(C)c2nc(-c3csc(C(C)C)n3)nc(O[C@H]3C[C@H]4C(=O)N(C)CCCC/C=C\[C@@H]5C[C@@]5(C(=O)NS(=O)(=O)C5(C)CC5)NC(=O)N4C3)c2c1. The molecule has 2 N–H and O–H groups in total. The Morgan fingerprint density at radius 2 is 1.92 bits per heavy atom. The third kappa shape index (κ3) is 7.07. The Bertz CT molecular complexity index is 2100. The molecule has 7 rings (SSSR count). The molecule has 2 aliphatic carbocycles. The number of fused-ring (bicyclic) bond motifs is 3. The Balaban J connectivity index is 1.21. The van der Waals surface area contributed by atoms with Crippen LogP contribution in [-0.2, 0) is 19.6 Å². The third-order valence-electron chi connectivity index (χ3n) is 10.9. The molecule has 14 nitrogen and oxygen atoms in total. The summed E-state index contributed by atoms with van der Waals surface area (Å²) in [6.07, 6.45) is 6.83. The van der Waals surface area contributed by atoms with Crippen LogP contribution in [0.5, 0.6) is 11.6 Å². The van der Waals surface area contributed by atoms with Crippen LogP contribution in [0, 0.1) is 12.8 Å². The first-order valence-electron chi connectivity index (χ1n) is 18.2. The van der Waals surface area contributed by atoms with Crippen molar-refractivity contribution in [3.05, 3.63) is 40.2 Å². The van der Waals surface area contributed by atoms with Gasteiger partial charge in [-0.05, 0) is 70.1 Å². The number of urea groups is 1. The minimum absolute atomic E-state index is 0.0165. The Hall–Kier alpha value is -4.31. The van der Waals surface area contributed by atoms with E-state index >= 15 is 0 Å². The molecule has 53 heavy (non-hydrogen) atoms. The van der Waals surface area contributed by atoms with Crippen molar-refractivity contribution in [1.82, 2.24) is 34.8 Å². The average molecular weight is 766 g/mol. The second-order valence-electron chi connectivity index (χ2n) is 15.3. The van der Waals surface area contributed by atoms with E-state index in [0.717, 1.165) is 29.8 Å². The summed E-state index contributed by atoms with van der Waals surface area (Å²) in [4.78, 5) is 59.6. The Morgan fingerprint density at radius 1 is 1.15 bits per heavy atom. The number of thiazole rings is 1. The van der Waals surface area contributed by atoms with Crippen molar-refractivity contribution in [2.75, 3.05) is 27.2 Å². The highest BCUT2D eigenvalue weighted by molar-refractivity contribution is 7.91. The number of ether oxygens (including phenoxy) is 2. The molecule has 4 heterocycles. The lowest BCUT2D eigenvalue weighted by Crippen LogP contribution is -2.58. The number of amides is 4. The van der Waals surface area contributed by atoms with Crippen molar-refractivity contribution >= 4 is 50.1 Å². The van der Waals surface area contributed by atoms with E-state index in [4.69, 9.17) is 24.4 Å². The van der Waals surface area contributed by atoms with Crippen LogP contribution in [0.1, 0.15) is 82.2 Å². The standard InChI is InChI=1S/C37H47N7O7S2/c1-21(2)32-38-27(20-52-32)30-39-29-22(3)15-24(50-6)16-26(29)31(40-30)51-25-17-28-33(45)43(5)14-10-8-7-9-11-23-18-37(23,41-35(47)44(28)19-25)34(46)42-53(48,49)36(4)12-13-36/h9,11,15-16,20-21,23,25,28H,7-8,10,12-14,17-19H2,1-6H3,(H,41,47)(H,42,46)/b11-9-/t23-,25+,28+,37-/m1/s1. The maximum absolute atomic E-state index is 14.3. The van der Waals surface area contributed by atoms with Crippen molar-refractivity contribution < 1.29 is 32.3 Å². The molecule has 0 spiro atoms. The zero-order valence-corrected chi connectivity index (χ0v) is 32.6. The van der Waals surface area contributed by atoms with Crippen LogP contribution < -0.4 is 19.5 Å². The first kappa shape index (κ1) is 37.0. The molecule has 3 aromatic rings. The maximum atomic E-state index is 14.3. The second kappa shape index (κ2) is 13.8. The summed E-state index contributed by atoms with van der Waals surface area (Å²) in [6, 6.07) is 2.15. The van der Waals surface area contributed by atoms with E-state index in [-0.39, 0.29) is 37.1 Å². The number of sulfonamides is 1.